The van der Waals surface area contributed by atoms with Gasteiger partial charge in [-0.2, -0.15) is 0 Å². The summed E-state index contributed by atoms with van der Waals surface area (Å²) in [6, 6.07) is 0. The highest BCUT2D eigenvalue weighted by atomic mass is 16.3. The minimum atomic E-state index is -0.867. The maximum Gasteiger partial charge on any atom is 0.147 e. The maximum atomic E-state index is 9.80. The highest BCUT2D eigenvalue weighted by Crippen LogP contribution is 2.28. The third kappa shape index (κ3) is 1.53. The van der Waals surface area contributed by atoms with Gasteiger partial charge >= 0.3 is 0 Å². The predicted octanol–water partition coefficient (Wildman–Crippen LogP) is 1.65. The molecule has 0 saturated carbocycles. The van der Waals surface area contributed by atoms with Gasteiger partial charge in [-0.25, -0.2) is 0 Å². The van der Waals surface area contributed by atoms with E-state index in [9.17, 15) is 5.11 Å². The average Bonchev–Trinajstić information content (AvgIpc) is 2.30. The van der Waals surface area contributed by atoms with Gasteiger partial charge in [-0.3, -0.25) is 0 Å². The molecule has 0 aromatic heterocycles. The van der Waals surface area contributed by atoms with Crippen molar-refractivity contribution in [2.45, 2.75) is 25.4 Å². The number of hydrogen-bond donors (Lipinski definition) is 1. The summed E-state index contributed by atoms with van der Waals surface area (Å²) < 4.78 is 0. The van der Waals surface area contributed by atoms with Crippen LogP contribution in [0.25, 0.3) is 0 Å². The van der Waals surface area contributed by atoms with Crippen molar-refractivity contribution >= 4 is 0 Å². The molecule has 1 atom stereocenters. The lowest BCUT2D eigenvalue weighted by Gasteiger charge is -2.16. The van der Waals surface area contributed by atoms with Crippen molar-refractivity contribution in [3.05, 3.63) is 24.3 Å². The van der Waals surface area contributed by atoms with E-state index in [1.165, 1.54) is 6.08 Å². The van der Waals surface area contributed by atoms with Crippen LogP contribution in [0.15, 0.2) is 24.3 Å². The Morgan fingerprint density at radius 3 is 3.00 bits per heavy atom. The topological polar surface area (TPSA) is 20.2 Å². The summed E-state index contributed by atoms with van der Waals surface area (Å²) >= 11 is 0. The summed E-state index contributed by atoms with van der Waals surface area (Å²) in [5, 5.41) is 9.80. The lowest BCUT2D eigenvalue weighted by Crippen LogP contribution is -2.24. The average molecular weight is 148 g/mol. The van der Waals surface area contributed by atoms with Crippen LogP contribution in [0.4, 0.5) is 0 Å². The first kappa shape index (κ1) is 8.10. The van der Waals surface area contributed by atoms with Crippen molar-refractivity contribution < 1.29 is 5.11 Å². The molecule has 58 valence electrons. The molecule has 0 fully saturated rings. The molecule has 0 aromatic carbocycles. The van der Waals surface area contributed by atoms with Gasteiger partial charge in [-0.1, -0.05) is 24.5 Å². The van der Waals surface area contributed by atoms with Gasteiger partial charge in [0.2, 0.25) is 0 Å². The predicted molar refractivity (Wildman–Crippen MR) is 45.9 cm³/mol. The minimum absolute atomic E-state index is 0.722. The van der Waals surface area contributed by atoms with E-state index in [0.717, 1.165) is 18.4 Å². The van der Waals surface area contributed by atoms with Gasteiger partial charge in [0.1, 0.15) is 5.60 Å². The van der Waals surface area contributed by atoms with Crippen molar-refractivity contribution in [3.63, 3.8) is 0 Å². The van der Waals surface area contributed by atoms with Gasteiger partial charge in [0.25, 0.3) is 0 Å². The van der Waals surface area contributed by atoms with Crippen LogP contribution in [-0.2, 0) is 0 Å². The van der Waals surface area contributed by atoms with Crippen LogP contribution in [-0.4, -0.2) is 10.7 Å². The Bertz CT molecular complexity index is 252. The molecule has 0 saturated heterocycles. The molecule has 1 aliphatic rings. The quantitative estimate of drug-likeness (QED) is 0.409. The highest BCUT2D eigenvalue weighted by molar-refractivity contribution is 5.35. The van der Waals surface area contributed by atoms with E-state index in [4.69, 9.17) is 0 Å². The monoisotopic (exact) mass is 148 g/mol. The molecule has 1 unspecified atom stereocenters. The first-order valence-electron chi connectivity index (χ1n) is 3.72. The Morgan fingerprint density at radius 1 is 1.82 bits per heavy atom. The molecular weight excluding hydrogens is 136 g/mol. The fourth-order valence-electron chi connectivity index (χ4n) is 1.20. The number of allylic oxidation sites excluding steroid dienone is 2. The summed E-state index contributed by atoms with van der Waals surface area (Å²) in [6.07, 6.45) is 5.18. The first-order chi connectivity index (χ1) is 5.19. The van der Waals surface area contributed by atoms with E-state index in [0.29, 0.717) is 0 Å². The number of aliphatic hydroxyl groups is 1. The Kier molecular flexibility index (Phi) is 2.16. The molecule has 1 heteroatoms. The molecule has 0 aliphatic heterocycles. The zero-order valence-electron chi connectivity index (χ0n) is 6.72. The Balaban J connectivity index is 2.83. The molecule has 0 aromatic rings. The van der Waals surface area contributed by atoms with E-state index in [2.05, 4.69) is 18.4 Å². The molecule has 1 nitrogen and oxygen atoms in total. The summed E-state index contributed by atoms with van der Waals surface area (Å²) in [5.74, 6) is 5.46. The molecule has 1 aliphatic carbocycles. The van der Waals surface area contributed by atoms with E-state index in [1.807, 2.05) is 13.0 Å². The number of hydrogen-bond acceptors (Lipinski definition) is 1. The molecule has 0 amide bonds. The lowest BCUT2D eigenvalue weighted by atomic mass is 9.98. The summed E-state index contributed by atoms with van der Waals surface area (Å²) in [5.41, 5.74) is 0.0978. The third-order valence-corrected chi connectivity index (χ3v) is 1.99. The summed E-state index contributed by atoms with van der Waals surface area (Å²) in [4.78, 5) is 0. The molecule has 1 N–H and O–H groups in total. The second-order valence-corrected chi connectivity index (χ2v) is 2.76. The van der Waals surface area contributed by atoms with E-state index in [1.54, 1.807) is 0 Å². The van der Waals surface area contributed by atoms with Gasteiger partial charge < -0.3 is 5.11 Å². The summed E-state index contributed by atoms with van der Waals surface area (Å²) in [6.45, 7) is 5.38. The smallest absolute Gasteiger partial charge is 0.147 e. The van der Waals surface area contributed by atoms with Gasteiger partial charge in [0.15, 0.2) is 0 Å². The summed E-state index contributed by atoms with van der Waals surface area (Å²) in [7, 11) is 0. The van der Waals surface area contributed by atoms with E-state index >= 15 is 0 Å². The third-order valence-electron chi connectivity index (χ3n) is 1.99. The zero-order valence-corrected chi connectivity index (χ0v) is 6.72. The second kappa shape index (κ2) is 2.94. The highest BCUT2D eigenvalue weighted by Gasteiger charge is 2.29. The molecular formula is C10H12O. The van der Waals surface area contributed by atoms with Crippen LogP contribution < -0.4 is 0 Å². The van der Waals surface area contributed by atoms with Crippen molar-refractivity contribution in [2.24, 2.45) is 0 Å². The van der Waals surface area contributed by atoms with Gasteiger partial charge in [-0.05, 0) is 31.4 Å². The minimum Gasteiger partial charge on any atom is -0.374 e. The molecule has 0 spiro atoms. The lowest BCUT2D eigenvalue weighted by molar-refractivity contribution is 0.141. The molecule has 11 heavy (non-hydrogen) atoms. The van der Waals surface area contributed by atoms with E-state index < -0.39 is 5.60 Å². The Labute approximate surface area is 67.4 Å². The van der Waals surface area contributed by atoms with Crippen molar-refractivity contribution in [1.82, 2.24) is 0 Å². The Hall–Kier alpha value is -1.00. The molecule has 1 rings (SSSR count). The standard InChI is InChI=1S/C10H12O/c1-3-4-7-10(11)8-5-6-9(10)2/h3,6,11H,1,5,8H2,2H3. The number of rotatable bonds is 0. The van der Waals surface area contributed by atoms with Crippen LogP contribution in [0.3, 0.4) is 0 Å². The molecule has 0 radical (unpaired) electrons. The van der Waals surface area contributed by atoms with Gasteiger partial charge in [0, 0.05) is 0 Å². The van der Waals surface area contributed by atoms with Crippen molar-refractivity contribution in [1.29, 1.82) is 0 Å². The zero-order chi connectivity index (χ0) is 8.32. The SMILES string of the molecule is C=CC#CC1(O)CCC=C1C. The Morgan fingerprint density at radius 2 is 2.55 bits per heavy atom. The second-order valence-electron chi connectivity index (χ2n) is 2.76. The molecule has 0 bridgehead atoms. The van der Waals surface area contributed by atoms with E-state index in [-0.39, 0.29) is 0 Å². The normalized spacial score (nSPS) is 28.7. The van der Waals surface area contributed by atoms with Gasteiger partial charge in [-0.15, -0.1) is 0 Å². The first-order valence-corrected chi connectivity index (χ1v) is 3.72. The maximum absolute atomic E-state index is 9.80. The largest absolute Gasteiger partial charge is 0.374 e. The van der Waals surface area contributed by atoms with Crippen LogP contribution in [0, 0.1) is 11.8 Å². The van der Waals surface area contributed by atoms with Crippen molar-refractivity contribution in [2.75, 3.05) is 0 Å². The van der Waals surface area contributed by atoms with Crippen LogP contribution >= 0.6 is 0 Å². The fraction of sp³-hybridized carbons (Fsp3) is 0.400. The van der Waals surface area contributed by atoms with Crippen LogP contribution in [0.1, 0.15) is 19.8 Å². The fourth-order valence-corrected chi connectivity index (χ4v) is 1.20. The van der Waals surface area contributed by atoms with Crippen LogP contribution in [0.2, 0.25) is 0 Å². The van der Waals surface area contributed by atoms with Crippen LogP contribution in [0.5, 0.6) is 0 Å². The van der Waals surface area contributed by atoms with Crippen molar-refractivity contribution in [3.8, 4) is 11.8 Å². The molecule has 0 heterocycles. The van der Waals surface area contributed by atoms with Gasteiger partial charge in [0.05, 0.1) is 0 Å².